The molecule has 0 saturated carbocycles. The number of pyridine rings is 1. The van der Waals surface area contributed by atoms with E-state index in [2.05, 4.69) is 31.7 Å². The topological polar surface area (TPSA) is 152 Å². The van der Waals surface area contributed by atoms with Crippen molar-refractivity contribution in [3.8, 4) is 12.3 Å². The number of hydrogen-bond donors (Lipinski definition) is 2. The van der Waals surface area contributed by atoms with Crippen LogP contribution in [0, 0.1) is 12.3 Å². The first-order chi connectivity index (χ1) is 25.0. The first kappa shape index (κ1) is 35.1. The molecule has 4 heterocycles. The van der Waals surface area contributed by atoms with Crippen molar-refractivity contribution in [2.24, 2.45) is 5.16 Å². The highest BCUT2D eigenvalue weighted by atomic mass is 32.2. The Morgan fingerprint density at radius 1 is 1.12 bits per heavy atom. The van der Waals surface area contributed by atoms with Crippen LogP contribution in [0.3, 0.4) is 0 Å². The summed E-state index contributed by atoms with van der Waals surface area (Å²) >= 11 is 3.76. The minimum atomic E-state index is -1.01. The third-order valence-electron chi connectivity index (χ3n) is 7.45. The highest BCUT2D eigenvalue weighted by molar-refractivity contribution is 8.08. The zero-order chi connectivity index (χ0) is 35.6. The number of β-lactam (4-membered cyclic amide) rings is 1. The standard InChI is InChI=1S/C36H28N6O6S3/c1-2-17-47-41-28(26-20-51-36(39-26)38-22-43)32(44)40-29-33(45)42-30(27(21-50-34(29)42)49-18-15-23-10-9-16-37-19-23)35(46)48-31(24-11-5-3-6-12-24)25-13-7-4-8-14-25/h1,3-16,18-20,22,29,31,34H,17,21H2,(H,40,44)(H,38,39,43)/b18-15-,41-28?/t29?,34-/m1/s1. The van der Waals surface area contributed by atoms with Crippen molar-refractivity contribution in [1.82, 2.24) is 20.2 Å². The van der Waals surface area contributed by atoms with Gasteiger partial charge in [-0.1, -0.05) is 89.6 Å². The van der Waals surface area contributed by atoms with Crippen LogP contribution in [0.1, 0.15) is 28.5 Å². The van der Waals surface area contributed by atoms with E-state index in [0.717, 1.165) is 28.0 Å². The van der Waals surface area contributed by atoms with Gasteiger partial charge in [0.15, 0.2) is 23.6 Å². The average molecular weight is 737 g/mol. The van der Waals surface area contributed by atoms with Crippen molar-refractivity contribution in [1.29, 1.82) is 0 Å². The van der Waals surface area contributed by atoms with E-state index >= 15 is 0 Å². The molecule has 51 heavy (non-hydrogen) atoms. The molecule has 2 aromatic heterocycles. The Balaban J connectivity index is 1.28. The van der Waals surface area contributed by atoms with Crippen LogP contribution >= 0.6 is 34.9 Å². The highest BCUT2D eigenvalue weighted by Crippen LogP contribution is 2.45. The number of terminal acetylenes is 1. The lowest BCUT2D eigenvalue weighted by atomic mass is 10.0. The molecule has 1 unspecified atom stereocenters. The highest BCUT2D eigenvalue weighted by Gasteiger charge is 2.55. The Bertz CT molecular complexity index is 1990. The molecule has 15 heteroatoms. The van der Waals surface area contributed by atoms with Crippen LogP contribution in [0.2, 0.25) is 0 Å². The number of nitrogens with zero attached hydrogens (tertiary/aromatic N) is 4. The summed E-state index contributed by atoms with van der Waals surface area (Å²) in [5, 5.41) is 11.9. The van der Waals surface area contributed by atoms with Crippen molar-refractivity contribution < 1.29 is 28.8 Å². The number of hydrogen-bond acceptors (Lipinski definition) is 12. The molecule has 0 bridgehead atoms. The first-order valence-electron chi connectivity index (χ1n) is 15.3. The van der Waals surface area contributed by atoms with Gasteiger partial charge in [-0.15, -0.1) is 29.5 Å². The maximum absolute atomic E-state index is 14.3. The molecule has 2 atom stereocenters. The van der Waals surface area contributed by atoms with Gasteiger partial charge in [0.05, 0.1) is 0 Å². The number of carbonyl (C=O) groups is 4. The minimum Gasteiger partial charge on any atom is -0.448 e. The largest absolute Gasteiger partial charge is 0.448 e. The summed E-state index contributed by atoms with van der Waals surface area (Å²) in [6.45, 7) is -0.214. The molecule has 2 aliphatic heterocycles. The van der Waals surface area contributed by atoms with Crippen molar-refractivity contribution in [3.05, 3.63) is 129 Å². The van der Waals surface area contributed by atoms with Crippen LogP contribution in [0.5, 0.6) is 0 Å². The number of thiazole rings is 1. The Morgan fingerprint density at radius 3 is 2.53 bits per heavy atom. The van der Waals surface area contributed by atoms with E-state index in [9.17, 15) is 19.2 Å². The number of carbonyl (C=O) groups excluding carboxylic acids is 4. The Morgan fingerprint density at radius 2 is 1.86 bits per heavy atom. The second kappa shape index (κ2) is 16.8. The van der Waals surface area contributed by atoms with Crippen LogP contribution < -0.4 is 10.6 Å². The van der Waals surface area contributed by atoms with Crippen molar-refractivity contribution in [2.75, 3.05) is 17.7 Å². The molecule has 2 N–H and O–H groups in total. The van der Waals surface area contributed by atoms with Crippen LogP contribution in [-0.2, 0) is 28.8 Å². The maximum Gasteiger partial charge on any atom is 0.356 e. The normalized spacial score (nSPS) is 17.0. The average Bonchev–Trinajstić information content (AvgIpc) is 3.63. The van der Waals surface area contributed by atoms with Gasteiger partial charge in [0.1, 0.15) is 22.8 Å². The smallest absolute Gasteiger partial charge is 0.356 e. The number of fused-ring (bicyclic) bond motifs is 1. The van der Waals surface area contributed by atoms with Gasteiger partial charge in [0, 0.05) is 28.4 Å². The Kier molecular flexibility index (Phi) is 11.6. The van der Waals surface area contributed by atoms with E-state index in [1.807, 2.05) is 84.3 Å². The van der Waals surface area contributed by atoms with Gasteiger partial charge in [-0.3, -0.25) is 24.3 Å². The number of benzene rings is 2. The summed E-state index contributed by atoms with van der Waals surface area (Å²) in [6, 6.07) is 21.4. The molecule has 2 aromatic carbocycles. The predicted molar refractivity (Wildman–Crippen MR) is 197 cm³/mol. The summed E-state index contributed by atoms with van der Waals surface area (Å²) in [7, 11) is 0. The number of anilines is 1. The molecule has 2 aliphatic rings. The number of esters is 1. The fourth-order valence-electron chi connectivity index (χ4n) is 5.13. The van der Waals surface area contributed by atoms with E-state index < -0.39 is 35.3 Å². The van der Waals surface area contributed by atoms with Crippen molar-refractivity contribution >= 4 is 76.0 Å². The predicted octanol–water partition coefficient (Wildman–Crippen LogP) is 4.81. The summed E-state index contributed by atoms with van der Waals surface area (Å²) in [6.07, 6.45) is 10.2. The molecule has 1 saturated heterocycles. The molecule has 0 radical (unpaired) electrons. The number of rotatable bonds is 14. The summed E-state index contributed by atoms with van der Waals surface area (Å²) < 4.78 is 6.22. The number of aromatic nitrogens is 2. The summed E-state index contributed by atoms with van der Waals surface area (Å²) in [4.78, 5) is 68.0. The lowest BCUT2D eigenvalue weighted by Crippen LogP contribution is -2.71. The summed E-state index contributed by atoms with van der Waals surface area (Å²) in [5.41, 5.74) is 2.35. The molecule has 0 spiro atoms. The lowest BCUT2D eigenvalue weighted by Gasteiger charge is -2.49. The van der Waals surface area contributed by atoms with Crippen LogP contribution in [-0.4, -0.2) is 68.5 Å². The van der Waals surface area contributed by atoms with Gasteiger partial charge < -0.3 is 20.2 Å². The van der Waals surface area contributed by atoms with Gasteiger partial charge in [-0.05, 0) is 34.2 Å². The summed E-state index contributed by atoms with van der Waals surface area (Å²) in [5.74, 6) is 0.668. The molecular formula is C36H28N6O6S3. The van der Waals surface area contributed by atoms with E-state index in [4.69, 9.17) is 16.0 Å². The Labute approximate surface area is 305 Å². The molecule has 1 fully saturated rings. The van der Waals surface area contributed by atoms with Crippen molar-refractivity contribution in [3.63, 3.8) is 0 Å². The number of ether oxygens (including phenoxy) is 1. The minimum absolute atomic E-state index is 0.0993. The molecular weight excluding hydrogens is 709 g/mol. The lowest BCUT2D eigenvalue weighted by molar-refractivity contribution is -0.154. The zero-order valence-electron chi connectivity index (χ0n) is 26.6. The molecule has 12 nitrogen and oxygen atoms in total. The third kappa shape index (κ3) is 8.21. The van der Waals surface area contributed by atoms with Gasteiger partial charge >= 0.3 is 5.97 Å². The molecule has 6 rings (SSSR count). The maximum atomic E-state index is 14.3. The van der Waals surface area contributed by atoms with Crippen LogP contribution in [0.4, 0.5) is 5.13 Å². The van der Waals surface area contributed by atoms with Gasteiger partial charge in [0.25, 0.3) is 11.8 Å². The fourth-order valence-corrected chi connectivity index (χ4v) is 8.14. The quantitative estimate of drug-likeness (QED) is 0.0351. The van der Waals surface area contributed by atoms with Crippen molar-refractivity contribution in [2.45, 2.75) is 17.5 Å². The molecule has 256 valence electrons. The zero-order valence-corrected chi connectivity index (χ0v) is 29.0. The van der Waals surface area contributed by atoms with Gasteiger partial charge in [-0.25, -0.2) is 9.78 Å². The number of oxime groups is 1. The van der Waals surface area contributed by atoms with E-state index in [-0.39, 0.29) is 28.8 Å². The van der Waals surface area contributed by atoms with Crippen LogP contribution in [0.25, 0.3) is 6.08 Å². The van der Waals surface area contributed by atoms with E-state index in [1.54, 1.807) is 12.4 Å². The van der Waals surface area contributed by atoms with Crippen LogP contribution in [0.15, 0.2) is 112 Å². The first-order valence-corrected chi connectivity index (χ1v) is 18.1. The van der Waals surface area contributed by atoms with Gasteiger partial charge in [0.2, 0.25) is 6.41 Å². The monoisotopic (exact) mass is 736 g/mol. The second-order valence-electron chi connectivity index (χ2n) is 10.7. The number of amides is 3. The number of nitrogens with one attached hydrogen (secondary N) is 2. The third-order valence-corrected chi connectivity index (χ3v) is 10.6. The van der Waals surface area contributed by atoms with E-state index in [0.29, 0.717) is 17.1 Å². The fraction of sp³-hybridized carbons (Fsp3) is 0.139. The second-order valence-corrected chi connectivity index (χ2v) is 13.6. The molecule has 0 aliphatic carbocycles. The molecule has 4 aromatic rings. The van der Waals surface area contributed by atoms with E-state index in [1.165, 1.54) is 33.8 Å². The molecule has 3 amide bonds. The SMILES string of the molecule is C#CCON=C(C(=O)NC1C(=O)N2C(C(=O)OC(c3ccccc3)c3ccccc3)=C(S/C=C\c3cccnc3)CS[C@H]12)c1csc(NC=O)n1. The Hall–Kier alpha value is -5.69. The van der Waals surface area contributed by atoms with Gasteiger partial charge in [-0.2, -0.15) is 0 Å². The number of thioether (sulfide) groups is 2.